The molecule has 0 N–H and O–H groups in total. The third-order valence-corrected chi connectivity index (χ3v) is 5.53. The Labute approximate surface area is 155 Å². The number of rotatable bonds is 3. The molecule has 0 radical (unpaired) electrons. The van der Waals surface area contributed by atoms with Crippen LogP contribution in [0, 0.1) is 0 Å². The monoisotopic (exact) mass is 347 g/mol. The van der Waals surface area contributed by atoms with Crippen LogP contribution in [0.15, 0.2) is 60.7 Å². The zero-order chi connectivity index (χ0) is 17.9. The first-order valence-corrected chi connectivity index (χ1v) is 9.54. The van der Waals surface area contributed by atoms with Crippen molar-refractivity contribution >= 4 is 6.09 Å². The highest BCUT2D eigenvalue weighted by Crippen LogP contribution is 2.44. The zero-order valence-electron chi connectivity index (χ0n) is 15.2. The number of benzene rings is 2. The Hall–Kier alpha value is -2.55. The van der Waals surface area contributed by atoms with Crippen LogP contribution in [0.5, 0.6) is 0 Å². The molecule has 26 heavy (non-hydrogen) atoms. The molecule has 3 heteroatoms. The maximum absolute atomic E-state index is 12.7. The lowest BCUT2D eigenvalue weighted by atomic mass is 9.98. The van der Waals surface area contributed by atoms with Gasteiger partial charge in [0.2, 0.25) is 0 Å². The van der Waals surface area contributed by atoms with Gasteiger partial charge in [-0.1, -0.05) is 60.7 Å². The number of hydrogen-bond donors (Lipinski definition) is 0. The maximum Gasteiger partial charge on any atom is 0.410 e. The van der Waals surface area contributed by atoms with Crippen LogP contribution >= 0.6 is 0 Å². The van der Waals surface area contributed by atoms with Crippen molar-refractivity contribution in [3.05, 3.63) is 71.8 Å². The van der Waals surface area contributed by atoms with E-state index in [-0.39, 0.29) is 18.1 Å². The fourth-order valence-corrected chi connectivity index (χ4v) is 4.28. The van der Waals surface area contributed by atoms with Gasteiger partial charge < -0.3 is 9.64 Å². The lowest BCUT2D eigenvalue weighted by Crippen LogP contribution is -2.43. The van der Waals surface area contributed by atoms with E-state index in [1.54, 1.807) is 0 Å². The van der Waals surface area contributed by atoms with Crippen LogP contribution in [0.2, 0.25) is 0 Å². The van der Waals surface area contributed by atoms with Crippen LogP contribution in [-0.4, -0.2) is 30.2 Å². The molecule has 0 aromatic heterocycles. The number of hydrogen-bond acceptors (Lipinski definition) is 2. The van der Waals surface area contributed by atoms with Crippen LogP contribution in [0.3, 0.4) is 0 Å². The Morgan fingerprint density at radius 1 is 1.08 bits per heavy atom. The van der Waals surface area contributed by atoms with E-state index in [0.29, 0.717) is 6.61 Å². The standard InChI is InChI=1S/C23H25NO2/c1-2-9-17-10-7-8-15-24(17)23(25)26-16-22-20-13-5-3-11-18(20)19-12-4-6-14-21(19)22/h2-6,9,11-14,17,22H,7-8,10,15-16H2,1H3/b9-2+. The van der Waals surface area contributed by atoms with Crippen LogP contribution < -0.4 is 0 Å². The molecule has 0 bridgehead atoms. The van der Waals surface area contributed by atoms with E-state index >= 15 is 0 Å². The molecule has 2 aromatic rings. The summed E-state index contributed by atoms with van der Waals surface area (Å²) >= 11 is 0. The summed E-state index contributed by atoms with van der Waals surface area (Å²) in [6.07, 6.45) is 7.20. The second-order valence-corrected chi connectivity index (χ2v) is 7.09. The van der Waals surface area contributed by atoms with Gasteiger partial charge >= 0.3 is 6.09 Å². The van der Waals surface area contributed by atoms with E-state index in [1.807, 2.05) is 17.9 Å². The predicted octanol–water partition coefficient (Wildman–Crippen LogP) is 5.37. The highest BCUT2D eigenvalue weighted by Gasteiger charge is 2.31. The van der Waals surface area contributed by atoms with Crippen LogP contribution in [0.4, 0.5) is 4.79 Å². The van der Waals surface area contributed by atoms with Crippen LogP contribution in [-0.2, 0) is 4.74 Å². The fourth-order valence-electron chi connectivity index (χ4n) is 4.28. The number of amides is 1. The van der Waals surface area contributed by atoms with Crippen molar-refractivity contribution in [1.29, 1.82) is 0 Å². The van der Waals surface area contributed by atoms with Gasteiger partial charge in [0.05, 0.1) is 6.04 Å². The number of fused-ring (bicyclic) bond motifs is 3. The molecule has 2 aromatic carbocycles. The number of nitrogens with zero attached hydrogens (tertiary/aromatic N) is 1. The fraction of sp³-hybridized carbons (Fsp3) is 0.348. The molecule has 0 spiro atoms. The molecule has 1 aliphatic carbocycles. The third kappa shape index (κ3) is 3.03. The molecule has 1 aliphatic heterocycles. The van der Waals surface area contributed by atoms with Crippen molar-refractivity contribution in [2.75, 3.05) is 13.2 Å². The van der Waals surface area contributed by atoms with E-state index in [1.165, 1.54) is 28.7 Å². The number of carbonyl (C=O) groups excluding carboxylic acids is 1. The summed E-state index contributed by atoms with van der Waals surface area (Å²) in [4.78, 5) is 14.6. The van der Waals surface area contributed by atoms with Gasteiger partial charge in [-0.25, -0.2) is 4.79 Å². The Balaban J connectivity index is 1.52. The molecule has 1 fully saturated rings. The SMILES string of the molecule is C/C=C/C1CCCCN1C(=O)OCC1c2ccccc2-c2ccccc21. The minimum atomic E-state index is -0.185. The highest BCUT2D eigenvalue weighted by molar-refractivity contribution is 5.79. The lowest BCUT2D eigenvalue weighted by molar-refractivity contribution is 0.0808. The third-order valence-electron chi connectivity index (χ3n) is 5.53. The minimum Gasteiger partial charge on any atom is -0.448 e. The molecule has 4 rings (SSSR count). The van der Waals surface area contributed by atoms with Gasteiger partial charge in [0.1, 0.15) is 6.61 Å². The summed E-state index contributed by atoms with van der Waals surface area (Å²) in [5.41, 5.74) is 5.03. The van der Waals surface area contributed by atoms with E-state index in [0.717, 1.165) is 19.4 Å². The van der Waals surface area contributed by atoms with Gasteiger partial charge in [0.15, 0.2) is 0 Å². The van der Waals surface area contributed by atoms with Crippen molar-refractivity contribution in [1.82, 2.24) is 4.90 Å². The zero-order valence-corrected chi connectivity index (χ0v) is 15.2. The molecule has 1 amide bonds. The summed E-state index contributed by atoms with van der Waals surface area (Å²) in [6.45, 7) is 3.18. The quantitative estimate of drug-likeness (QED) is 0.699. The molecule has 1 unspecified atom stereocenters. The van der Waals surface area contributed by atoms with Crippen molar-refractivity contribution in [2.24, 2.45) is 0 Å². The van der Waals surface area contributed by atoms with Gasteiger partial charge in [0.25, 0.3) is 0 Å². The first kappa shape index (κ1) is 16.9. The molecule has 2 aliphatic rings. The van der Waals surface area contributed by atoms with E-state index in [2.05, 4.69) is 54.6 Å². The second-order valence-electron chi connectivity index (χ2n) is 7.09. The normalized spacial score (nSPS) is 19.4. The molecule has 0 saturated carbocycles. The van der Waals surface area contributed by atoms with Crippen molar-refractivity contribution in [3.63, 3.8) is 0 Å². The topological polar surface area (TPSA) is 29.5 Å². The molecule has 1 atom stereocenters. The maximum atomic E-state index is 12.7. The summed E-state index contributed by atoms with van der Waals surface area (Å²) in [5, 5.41) is 0. The average Bonchev–Trinajstić information content (AvgIpc) is 3.01. The summed E-state index contributed by atoms with van der Waals surface area (Å²) in [6, 6.07) is 17.0. The first-order valence-electron chi connectivity index (χ1n) is 9.54. The van der Waals surface area contributed by atoms with Crippen molar-refractivity contribution in [2.45, 2.75) is 38.1 Å². The van der Waals surface area contributed by atoms with E-state index < -0.39 is 0 Å². The second kappa shape index (κ2) is 7.36. The number of carbonyl (C=O) groups is 1. The Morgan fingerprint density at radius 3 is 2.38 bits per heavy atom. The molecule has 134 valence electrons. The number of ether oxygens (including phenoxy) is 1. The summed E-state index contributed by atoms with van der Waals surface area (Å²) in [7, 11) is 0. The van der Waals surface area contributed by atoms with E-state index in [4.69, 9.17) is 4.74 Å². The largest absolute Gasteiger partial charge is 0.448 e. The van der Waals surface area contributed by atoms with Gasteiger partial charge in [-0.15, -0.1) is 0 Å². The number of allylic oxidation sites excluding steroid dienone is 1. The smallest absolute Gasteiger partial charge is 0.410 e. The number of likely N-dealkylation sites (tertiary alicyclic amines) is 1. The van der Waals surface area contributed by atoms with Crippen molar-refractivity contribution in [3.8, 4) is 11.1 Å². The Morgan fingerprint density at radius 2 is 1.73 bits per heavy atom. The highest BCUT2D eigenvalue weighted by atomic mass is 16.6. The molecular formula is C23H25NO2. The van der Waals surface area contributed by atoms with Gasteiger partial charge in [-0.2, -0.15) is 0 Å². The summed E-state index contributed by atoms with van der Waals surface area (Å²) in [5.74, 6) is 0.122. The molecule has 3 nitrogen and oxygen atoms in total. The first-order chi connectivity index (χ1) is 12.8. The van der Waals surface area contributed by atoms with Gasteiger partial charge in [-0.3, -0.25) is 0 Å². The van der Waals surface area contributed by atoms with Crippen LogP contribution in [0.1, 0.15) is 43.2 Å². The lowest BCUT2D eigenvalue weighted by Gasteiger charge is -2.33. The minimum absolute atomic E-state index is 0.122. The van der Waals surface area contributed by atoms with Gasteiger partial charge in [-0.05, 0) is 48.4 Å². The molecule has 1 saturated heterocycles. The molecular weight excluding hydrogens is 322 g/mol. The average molecular weight is 347 g/mol. The Kier molecular flexibility index (Phi) is 4.79. The predicted molar refractivity (Wildman–Crippen MR) is 104 cm³/mol. The van der Waals surface area contributed by atoms with Gasteiger partial charge in [0, 0.05) is 12.5 Å². The Bertz CT molecular complexity index is 781. The number of piperidine rings is 1. The molecule has 1 heterocycles. The summed E-state index contributed by atoms with van der Waals surface area (Å²) < 4.78 is 5.81. The van der Waals surface area contributed by atoms with Crippen molar-refractivity contribution < 1.29 is 9.53 Å². The van der Waals surface area contributed by atoms with E-state index in [9.17, 15) is 4.79 Å². The van der Waals surface area contributed by atoms with Crippen LogP contribution in [0.25, 0.3) is 11.1 Å².